The molecule has 0 aliphatic carbocycles. The fraction of sp³-hybridized carbons (Fsp3) is 0.273. The van der Waals surface area contributed by atoms with Gasteiger partial charge in [-0.3, -0.25) is 4.79 Å². The molecule has 2 aromatic heterocycles. The fourth-order valence-corrected chi connectivity index (χ4v) is 5.59. The van der Waals surface area contributed by atoms with Gasteiger partial charge < -0.3 is 4.98 Å². The molecule has 2 aromatic carbocycles. The van der Waals surface area contributed by atoms with Crippen molar-refractivity contribution in [3.8, 4) is 0 Å². The minimum atomic E-state index is -3.74. The van der Waals surface area contributed by atoms with Gasteiger partial charge in [0.25, 0.3) is 5.56 Å². The van der Waals surface area contributed by atoms with Crippen LogP contribution >= 0.6 is 0 Å². The number of benzene rings is 2. The van der Waals surface area contributed by atoms with Gasteiger partial charge in [0.2, 0.25) is 10.0 Å². The van der Waals surface area contributed by atoms with Crippen LogP contribution in [0.15, 0.2) is 58.2 Å². The maximum absolute atomic E-state index is 13.5. The molecular formula is C22H20F2N6O3S. The number of sulfonamides is 1. The first kappa shape index (κ1) is 22.3. The summed E-state index contributed by atoms with van der Waals surface area (Å²) in [5.74, 6) is -0.626. The van der Waals surface area contributed by atoms with Crippen molar-refractivity contribution in [1.29, 1.82) is 0 Å². The van der Waals surface area contributed by atoms with Crippen molar-refractivity contribution in [3.05, 3.63) is 81.9 Å². The molecule has 0 spiro atoms. The van der Waals surface area contributed by atoms with E-state index in [4.69, 9.17) is 0 Å². The topological polar surface area (TPSA) is 114 Å². The van der Waals surface area contributed by atoms with E-state index in [0.717, 1.165) is 12.1 Å². The van der Waals surface area contributed by atoms with Crippen LogP contribution in [0.3, 0.4) is 0 Å². The molecule has 1 N–H and O–H groups in total. The van der Waals surface area contributed by atoms with Crippen molar-refractivity contribution in [2.45, 2.75) is 30.2 Å². The molecule has 5 rings (SSSR count). The van der Waals surface area contributed by atoms with Crippen LogP contribution in [0.2, 0.25) is 0 Å². The predicted molar refractivity (Wildman–Crippen MR) is 119 cm³/mol. The van der Waals surface area contributed by atoms with Crippen molar-refractivity contribution in [2.75, 3.05) is 13.1 Å². The Labute approximate surface area is 193 Å². The third-order valence-corrected chi connectivity index (χ3v) is 7.82. The van der Waals surface area contributed by atoms with Crippen LogP contribution in [0.4, 0.5) is 8.78 Å². The van der Waals surface area contributed by atoms with Crippen molar-refractivity contribution < 1.29 is 17.2 Å². The molecule has 3 heterocycles. The Kier molecular flexibility index (Phi) is 5.70. The molecule has 4 aromatic rings. The Morgan fingerprint density at radius 3 is 2.47 bits per heavy atom. The molecule has 0 radical (unpaired) electrons. The van der Waals surface area contributed by atoms with Gasteiger partial charge in [-0.15, -0.1) is 5.10 Å². The Balaban J connectivity index is 1.37. The van der Waals surface area contributed by atoms with Gasteiger partial charge in [0.1, 0.15) is 17.5 Å². The van der Waals surface area contributed by atoms with Crippen LogP contribution in [0.5, 0.6) is 0 Å². The molecule has 0 unspecified atom stereocenters. The van der Waals surface area contributed by atoms with Crippen molar-refractivity contribution in [2.24, 2.45) is 0 Å². The van der Waals surface area contributed by atoms with E-state index in [1.54, 1.807) is 12.1 Å². The Morgan fingerprint density at radius 2 is 1.76 bits per heavy atom. The zero-order chi connectivity index (χ0) is 23.9. The van der Waals surface area contributed by atoms with Crippen molar-refractivity contribution in [3.63, 3.8) is 0 Å². The van der Waals surface area contributed by atoms with E-state index < -0.39 is 21.4 Å². The lowest BCUT2D eigenvalue weighted by molar-refractivity contribution is 0.313. The smallest absolute Gasteiger partial charge is 0.281 e. The molecule has 0 amide bonds. The summed E-state index contributed by atoms with van der Waals surface area (Å²) in [5.41, 5.74) is 0.572. The highest BCUT2D eigenvalue weighted by Gasteiger charge is 2.31. The lowest BCUT2D eigenvalue weighted by Crippen LogP contribution is -2.38. The van der Waals surface area contributed by atoms with E-state index in [9.17, 15) is 22.0 Å². The Hall–Kier alpha value is -3.51. The molecule has 1 fully saturated rings. The second-order valence-corrected chi connectivity index (χ2v) is 10.1. The predicted octanol–water partition coefficient (Wildman–Crippen LogP) is 2.41. The minimum Gasteiger partial charge on any atom is -0.308 e. The molecule has 1 aliphatic heterocycles. The average molecular weight is 487 g/mol. The normalized spacial score (nSPS) is 15.7. The van der Waals surface area contributed by atoms with Crippen LogP contribution in [0.25, 0.3) is 11.2 Å². The molecule has 1 saturated heterocycles. The zero-order valence-electron chi connectivity index (χ0n) is 17.9. The minimum absolute atomic E-state index is 0.0348. The summed E-state index contributed by atoms with van der Waals surface area (Å²) in [4.78, 5) is 19.9. The number of halogens is 2. The van der Waals surface area contributed by atoms with Gasteiger partial charge in [-0.05, 0) is 54.8 Å². The van der Waals surface area contributed by atoms with Gasteiger partial charge in [0, 0.05) is 19.0 Å². The second-order valence-electron chi connectivity index (χ2n) is 8.13. The van der Waals surface area contributed by atoms with Crippen LogP contribution in [0.1, 0.15) is 30.1 Å². The summed E-state index contributed by atoms with van der Waals surface area (Å²) in [6, 6.07) is 10.8. The first-order valence-corrected chi connectivity index (χ1v) is 12.1. The highest BCUT2D eigenvalue weighted by Crippen LogP contribution is 2.29. The average Bonchev–Trinajstić information content (AvgIpc) is 3.22. The summed E-state index contributed by atoms with van der Waals surface area (Å²) in [6.45, 7) is 0.651. The molecule has 0 atom stereocenters. The van der Waals surface area contributed by atoms with Gasteiger partial charge in [0.15, 0.2) is 11.2 Å². The third kappa shape index (κ3) is 4.21. The fourth-order valence-electron chi connectivity index (χ4n) is 4.12. The number of aromatic amines is 1. The number of nitrogens with zero attached hydrogens (tertiary/aromatic N) is 5. The Bertz CT molecular complexity index is 1510. The molecule has 1 aliphatic rings. The quantitative estimate of drug-likeness (QED) is 0.464. The first-order valence-electron chi connectivity index (χ1n) is 10.6. The highest BCUT2D eigenvalue weighted by molar-refractivity contribution is 7.89. The maximum atomic E-state index is 13.5. The summed E-state index contributed by atoms with van der Waals surface area (Å²) >= 11 is 0. The van der Waals surface area contributed by atoms with E-state index in [2.05, 4.69) is 20.3 Å². The molecule has 9 nitrogen and oxygen atoms in total. The highest BCUT2D eigenvalue weighted by atomic mass is 32.2. The van der Waals surface area contributed by atoms with Crippen LogP contribution in [-0.2, 0) is 16.6 Å². The lowest BCUT2D eigenvalue weighted by Gasteiger charge is -2.30. The van der Waals surface area contributed by atoms with Crippen LogP contribution in [-0.4, -0.2) is 50.8 Å². The van der Waals surface area contributed by atoms with Gasteiger partial charge in [-0.2, -0.15) is 4.31 Å². The molecule has 0 bridgehead atoms. The molecule has 0 saturated carbocycles. The molecular weight excluding hydrogens is 466 g/mol. The van der Waals surface area contributed by atoms with Gasteiger partial charge in [0.05, 0.1) is 11.4 Å². The summed E-state index contributed by atoms with van der Waals surface area (Å²) in [5, 5.41) is 7.90. The number of fused-ring (bicyclic) bond motifs is 1. The largest absolute Gasteiger partial charge is 0.308 e. The number of aromatic nitrogens is 5. The first-order chi connectivity index (χ1) is 16.3. The number of H-pyrrole nitrogens is 1. The third-order valence-electron chi connectivity index (χ3n) is 5.91. The van der Waals surface area contributed by atoms with Gasteiger partial charge in [-0.1, -0.05) is 17.3 Å². The van der Waals surface area contributed by atoms with E-state index in [1.165, 1.54) is 33.3 Å². The lowest BCUT2D eigenvalue weighted by atomic mass is 9.97. The number of rotatable bonds is 5. The SMILES string of the molecule is O=c1[nH]c(C2CCN(S(=O)(=O)c3ccc(F)cc3)CC2)nc2c1nnn2Cc1cccc(F)c1. The number of nitrogens with one attached hydrogen (secondary N) is 1. The van der Waals surface area contributed by atoms with E-state index >= 15 is 0 Å². The number of hydrogen-bond acceptors (Lipinski definition) is 6. The maximum Gasteiger partial charge on any atom is 0.281 e. The molecule has 34 heavy (non-hydrogen) atoms. The monoisotopic (exact) mass is 486 g/mol. The van der Waals surface area contributed by atoms with Crippen LogP contribution < -0.4 is 5.56 Å². The second kappa shape index (κ2) is 8.69. The zero-order valence-corrected chi connectivity index (χ0v) is 18.7. The van der Waals surface area contributed by atoms with Gasteiger partial charge in [-0.25, -0.2) is 26.9 Å². The van der Waals surface area contributed by atoms with Crippen molar-refractivity contribution in [1.82, 2.24) is 29.3 Å². The van der Waals surface area contributed by atoms with E-state index in [-0.39, 0.29) is 47.4 Å². The molecule has 176 valence electrons. The number of hydrogen-bond donors (Lipinski definition) is 1. The van der Waals surface area contributed by atoms with Crippen LogP contribution in [0, 0.1) is 11.6 Å². The molecule has 12 heteroatoms. The Morgan fingerprint density at radius 1 is 1.03 bits per heavy atom. The summed E-state index contributed by atoms with van der Waals surface area (Å²) in [7, 11) is -3.74. The number of piperidine rings is 1. The van der Waals surface area contributed by atoms with E-state index in [0.29, 0.717) is 24.2 Å². The summed E-state index contributed by atoms with van der Waals surface area (Å²) < 4.78 is 55.2. The standard InChI is InChI=1S/C22H20F2N6O3S/c23-16-4-6-18(7-5-16)34(32,33)29-10-8-15(9-11-29)20-25-21-19(22(31)26-20)27-28-30(21)13-14-2-1-3-17(24)12-14/h1-7,12,15H,8-11,13H2,(H,25,26,31). The summed E-state index contributed by atoms with van der Waals surface area (Å²) in [6.07, 6.45) is 0.890. The van der Waals surface area contributed by atoms with Crippen molar-refractivity contribution >= 4 is 21.2 Å². The van der Waals surface area contributed by atoms with Gasteiger partial charge >= 0.3 is 0 Å². The van der Waals surface area contributed by atoms with E-state index in [1.807, 2.05) is 0 Å².